The van der Waals surface area contributed by atoms with E-state index >= 15 is 4.39 Å². The van der Waals surface area contributed by atoms with Crippen LogP contribution in [0.4, 0.5) is 20.2 Å². The number of pyridine rings is 1. The number of fused-ring (bicyclic) bond motifs is 1. The van der Waals surface area contributed by atoms with Gasteiger partial charge >= 0.3 is 0 Å². The Morgan fingerprint density at radius 1 is 1.00 bits per heavy atom. The maximum Gasteiger partial charge on any atom is 0.167 e. The molecular weight excluding hydrogens is 524 g/mol. The number of ether oxygens (including phenoxy) is 1. The smallest absolute Gasteiger partial charge is 0.167 e. The third kappa shape index (κ3) is 4.40. The lowest BCUT2D eigenvalue weighted by atomic mass is 9.73. The molecule has 4 aromatic rings. The van der Waals surface area contributed by atoms with E-state index in [1.165, 1.54) is 18.2 Å². The van der Waals surface area contributed by atoms with Crippen LogP contribution < -0.4 is 15.1 Å². The zero-order valence-corrected chi connectivity index (χ0v) is 22.9. The molecule has 1 spiro atoms. The van der Waals surface area contributed by atoms with Crippen molar-refractivity contribution in [3.8, 4) is 23.1 Å². The summed E-state index contributed by atoms with van der Waals surface area (Å²) < 4.78 is 37.9. The van der Waals surface area contributed by atoms with E-state index in [1.54, 1.807) is 30.0 Å². The molecule has 5 heterocycles. The lowest BCUT2D eigenvalue weighted by Gasteiger charge is -2.48. The van der Waals surface area contributed by atoms with Crippen LogP contribution in [0.25, 0.3) is 28.2 Å². The molecule has 3 saturated heterocycles. The van der Waals surface area contributed by atoms with Gasteiger partial charge in [-0.3, -0.25) is 4.57 Å². The number of hydrogen-bond acceptors (Lipinski definition) is 7. The molecule has 7 rings (SSSR count). The molecule has 0 aliphatic carbocycles. The summed E-state index contributed by atoms with van der Waals surface area (Å²) in [6.07, 6.45) is 4.93. The molecule has 0 saturated carbocycles. The minimum absolute atomic E-state index is 0.0570. The molecule has 210 valence electrons. The summed E-state index contributed by atoms with van der Waals surface area (Å²) in [5, 5.41) is 12.7. The average molecular weight is 556 g/mol. The molecule has 10 heteroatoms. The van der Waals surface area contributed by atoms with E-state index in [2.05, 4.69) is 20.1 Å². The summed E-state index contributed by atoms with van der Waals surface area (Å²) in [6, 6.07) is 13.3. The summed E-state index contributed by atoms with van der Waals surface area (Å²) in [6.45, 7) is 5.42. The predicted octanol–water partition coefficient (Wildman–Crippen LogP) is 4.65. The highest BCUT2D eigenvalue weighted by molar-refractivity contribution is 5.90. The van der Waals surface area contributed by atoms with Crippen molar-refractivity contribution in [2.24, 2.45) is 5.41 Å². The molecule has 2 aromatic carbocycles. The van der Waals surface area contributed by atoms with E-state index in [0.717, 1.165) is 63.4 Å². The summed E-state index contributed by atoms with van der Waals surface area (Å²) in [5.41, 5.74) is 3.90. The number of imidazole rings is 1. The summed E-state index contributed by atoms with van der Waals surface area (Å²) in [5.74, 6) is -0.709. The average Bonchev–Trinajstić information content (AvgIpc) is 3.62. The summed E-state index contributed by atoms with van der Waals surface area (Å²) in [7, 11) is 1.70. The van der Waals surface area contributed by atoms with E-state index < -0.39 is 11.6 Å². The quantitative estimate of drug-likeness (QED) is 0.384. The normalized spacial score (nSPS) is 20.0. The van der Waals surface area contributed by atoms with Gasteiger partial charge in [-0.25, -0.2) is 18.7 Å². The topological polar surface area (TPSA) is 82.2 Å². The van der Waals surface area contributed by atoms with Gasteiger partial charge in [0.2, 0.25) is 0 Å². The van der Waals surface area contributed by atoms with E-state index in [4.69, 9.17) is 9.72 Å². The fourth-order valence-electron chi connectivity index (χ4n) is 6.47. The zero-order chi connectivity index (χ0) is 28.1. The molecule has 0 radical (unpaired) electrons. The monoisotopic (exact) mass is 555 g/mol. The SMILES string of the molecule is CO[C@H]1CCN(c2ccc(-n3c(-c4ccc(C#N)c(F)c4)nc4c(N5CCC6(CC5)CNC6)ccnc43)c(F)c2)C1. The molecule has 0 bridgehead atoms. The zero-order valence-electron chi connectivity index (χ0n) is 22.9. The number of aromatic nitrogens is 3. The molecule has 8 nitrogen and oxygen atoms in total. The maximum atomic E-state index is 16.0. The third-order valence-corrected chi connectivity index (χ3v) is 9.05. The number of anilines is 2. The highest BCUT2D eigenvalue weighted by Crippen LogP contribution is 2.39. The first-order chi connectivity index (χ1) is 20.0. The first-order valence-electron chi connectivity index (χ1n) is 14.1. The van der Waals surface area contributed by atoms with Crippen LogP contribution in [0.2, 0.25) is 0 Å². The lowest BCUT2D eigenvalue weighted by Crippen LogP contribution is -2.58. The highest BCUT2D eigenvalue weighted by atomic mass is 19.1. The number of nitrogens with zero attached hydrogens (tertiary/aromatic N) is 6. The molecular formula is C31H31F2N7O. The van der Waals surface area contributed by atoms with Gasteiger partial charge in [0.25, 0.3) is 0 Å². The van der Waals surface area contributed by atoms with E-state index in [9.17, 15) is 9.65 Å². The van der Waals surface area contributed by atoms with Crippen molar-refractivity contribution >= 4 is 22.5 Å². The second-order valence-electron chi connectivity index (χ2n) is 11.4. The second-order valence-corrected chi connectivity index (χ2v) is 11.4. The number of hydrogen-bond donors (Lipinski definition) is 1. The Kier molecular flexibility index (Phi) is 6.36. The van der Waals surface area contributed by atoms with Crippen LogP contribution in [-0.2, 0) is 4.74 Å². The van der Waals surface area contributed by atoms with Crippen LogP contribution in [0.5, 0.6) is 0 Å². The maximum absolute atomic E-state index is 16.0. The fraction of sp³-hybridized carbons (Fsp3) is 0.387. The number of benzene rings is 2. The van der Waals surface area contributed by atoms with Crippen LogP contribution in [0.3, 0.4) is 0 Å². The first kappa shape index (κ1) is 25.9. The van der Waals surface area contributed by atoms with Crippen LogP contribution in [0.15, 0.2) is 48.7 Å². The molecule has 1 atom stereocenters. The van der Waals surface area contributed by atoms with Gasteiger partial charge in [0, 0.05) is 63.8 Å². The van der Waals surface area contributed by atoms with Crippen molar-refractivity contribution in [3.63, 3.8) is 0 Å². The van der Waals surface area contributed by atoms with Crippen molar-refractivity contribution in [1.82, 2.24) is 19.9 Å². The van der Waals surface area contributed by atoms with E-state index in [0.29, 0.717) is 34.5 Å². The van der Waals surface area contributed by atoms with Crippen LogP contribution in [-0.4, -0.2) is 67.0 Å². The third-order valence-electron chi connectivity index (χ3n) is 9.05. The molecule has 0 unspecified atom stereocenters. The first-order valence-corrected chi connectivity index (χ1v) is 14.1. The van der Waals surface area contributed by atoms with Gasteiger partial charge in [-0.15, -0.1) is 0 Å². The van der Waals surface area contributed by atoms with Gasteiger partial charge in [-0.05, 0) is 67.1 Å². The van der Waals surface area contributed by atoms with Gasteiger partial charge in [0.1, 0.15) is 29.0 Å². The van der Waals surface area contributed by atoms with Crippen LogP contribution in [0.1, 0.15) is 24.8 Å². The molecule has 0 amide bonds. The molecule has 41 heavy (non-hydrogen) atoms. The Hall–Kier alpha value is -4.07. The lowest BCUT2D eigenvalue weighted by molar-refractivity contribution is 0.121. The largest absolute Gasteiger partial charge is 0.380 e. The standard InChI is InChI=1S/C31H31F2N7O/c1-41-23-7-11-39(17-23)22-4-5-26(25(33)15-22)40-29(20-2-3-21(16-34)24(32)14-20)37-28-27(6-10-36-30(28)40)38-12-8-31(9-13-38)18-35-19-31/h2-6,10,14-15,23,35H,7-9,11-13,17-19H2,1H3/t23-/m0/s1. The minimum Gasteiger partial charge on any atom is -0.380 e. The van der Waals surface area contributed by atoms with Crippen molar-refractivity contribution in [3.05, 3.63) is 65.9 Å². The predicted molar refractivity (Wildman–Crippen MR) is 153 cm³/mol. The molecule has 3 aliphatic heterocycles. The Labute approximate surface area is 237 Å². The van der Waals surface area contributed by atoms with Gasteiger partial charge in [-0.1, -0.05) is 0 Å². The van der Waals surface area contributed by atoms with E-state index in [1.807, 2.05) is 18.2 Å². The summed E-state index contributed by atoms with van der Waals surface area (Å²) in [4.78, 5) is 14.1. The van der Waals surface area contributed by atoms with Crippen molar-refractivity contribution < 1.29 is 13.5 Å². The molecule has 1 N–H and O–H groups in total. The number of rotatable bonds is 5. The Morgan fingerprint density at radius 2 is 1.83 bits per heavy atom. The minimum atomic E-state index is -0.648. The number of halogens is 2. The van der Waals surface area contributed by atoms with E-state index in [-0.39, 0.29) is 17.4 Å². The van der Waals surface area contributed by atoms with Crippen LogP contribution in [0, 0.1) is 28.4 Å². The van der Waals surface area contributed by atoms with Crippen molar-refractivity contribution in [2.45, 2.75) is 25.4 Å². The van der Waals surface area contributed by atoms with Crippen molar-refractivity contribution in [1.29, 1.82) is 5.26 Å². The number of piperidine rings is 1. The van der Waals surface area contributed by atoms with Crippen LogP contribution >= 0.6 is 0 Å². The number of nitriles is 1. The van der Waals surface area contributed by atoms with Gasteiger partial charge in [0.15, 0.2) is 5.65 Å². The molecule has 3 fully saturated rings. The molecule has 2 aromatic heterocycles. The highest BCUT2D eigenvalue weighted by Gasteiger charge is 2.40. The summed E-state index contributed by atoms with van der Waals surface area (Å²) >= 11 is 0. The van der Waals surface area contributed by atoms with Gasteiger partial charge in [-0.2, -0.15) is 5.26 Å². The van der Waals surface area contributed by atoms with Crippen molar-refractivity contribution in [2.75, 3.05) is 56.2 Å². The van der Waals surface area contributed by atoms with Gasteiger partial charge in [0.05, 0.1) is 23.0 Å². The number of methoxy groups -OCH3 is 1. The Balaban J connectivity index is 1.34. The fourth-order valence-corrected chi connectivity index (χ4v) is 6.47. The number of nitrogens with one attached hydrogen (secondary N) is 1. The molecule has 3 aliphatic rings. The van der Waals surface area contributed by atoms with Gasteiger partial charge < -0.3 is 19.9 Å². The second kappa shape index (κ2) is 10.1. The Morgan fingerprint density at radius 3 is 2.49 bits per heavy atom. The Bertz CT molecular complexity index is 1670.